The average Bonchev–Trinajstić information content (AvgIpc) is 3.56. The van der Waals surface area contributed by atoms with E-state index in [-0.39, 0.29) is 18.3 Å². The van der Waals surface area contributed by atoms with Crippen LogP contribution in [-0.4, -0.2) is 34.5 Å². The Morgan fingerprint density at radius 2 is 1.97 bits per heavy atom. The lowest BCUT2D eigenvalue weighted by atomic mass is 10.1. The van der Waals surface area contributed by atoms with E-state index in [0.29, 0.717) is 41.2 Å². The zero-order valence-corrected chi connectivity index (χ0v) is 18.5. The smallest absolute Gasteiger partial charge is 0.278 e. The van der Waals surface area contributed by atoms with Gasteiger partial charge in [0.05, 0.1) is 17.9 Å². The van der Waals surface area contributed by atoms with Gasteiger partial charge in [-0.25, -0.2) is 9.37 Å². The molecule has 5 aromatic rings. The number of benzene rings is 2. The molecule has 0 saturated carbocycles. The summed E-state index contributed by atoms with van der Waals surface area (Å²) in [5.74, 6) is 2.56. The SMILES string of the molecule is CC(C)c1noc(-c2ncn3c2Cn2c(COc4ccccc4)nnc2-c2cc(F)ccc2-3)n1. The van der Waals surface area contributed by atoms with Crippen LogP contribution in [0, 0.1) is 5.82 Å². The third kappa shape index (κ3) is 3.35. The fourth-order valence-electron chi connectivity index (χ4n) is 4.00. The molecular weight excluding hydrogens is 437 g/mol. The first kappa shape index (κ1) is 20.3. The first-order valence-corrected chi connectivity index (χ1v) is 10.9. The zero-order chi connectivity index (χ0) is 23.2. The number of imidazole rings is 1. The largest absolute Gasteiger partial charge is 0.486 e. The number of rotatable bonds is 5. The number of ether oxygens (including phenoxy) is 1. The minimum Gasteiger partial charge on any atom is -0.486 e. The van der Waals surface area contributed by atoms with Crippen molar-refractivity contribution < 1.29 is 13.7 Å². The normalized spacial score (nSPS) is 12.2. The molecule has 3 aromatic heterocycles. The van der Waals surface area contributed by atoms with E-state index in [1.54, 1.807) is 12.4 Å². The lowest BCUT2D eigenvalue weighted by Gasteiger charge is -2.10. The second kappa shape index (κ2) is 7.91. The van der Waals surface area contributed by atoms with Crippen molar-refractivity contribution in [1.29, 1.82) is 0 Å². The van der Waals surface area contributed by atoms with Gasteiger partial charge in [-0.1, -0.05) is 37.2 Å². The Morgan fingerprint density at radius 1 is 1.12 bits per heavy atom. The van der Waals surface area contributed by atoms with E-state index in [0.717, 1.165) is 17.1 Å². The Morgan fingerprint density at radius 3 is 2.76 bits per heavy atom. The van der Waals surface area contributed by atoms with Gasteiger partial charge in [-0.15, -0.1) is 10.2 Å². The Kier molecular flexibility index (Phi) is 4.72. The number of halogens is 1. The zero-order valence-electron chi connectivity index (χ0n) is 18.5. The summed E-state index contributed by atoms with van der Waals surface area (Å²) in [6, 6.07) is 14.1. The molecule has 0 fully saturated rings. The summed E-state index contributed by atoms with van der Waals surface area (Å²) in [6.45, 7) is 4.55. The topological polar surface area (TPSA) is 96.7 Å². The molecular formula is C24H20FN7O2. The maximum absolute atomic E-state index is 14.3. The van der Waals surface area contributed by atoms with Crippen molar-refractivity contribution >= 4 is 0 Å². The van der Waals surface area contributed by atoms with E-state index < -0.39 is 0 Å². The Balaban J connectivity index is 1.47. The van der Waals surface area contributed by atoms with Gasteiger partial charge in [-0.2, -0.15) is 4.98 Å². The van der Waals surface area contributed by atoms with Crippen LogP contribution in [0.2, 0.25) is 0 Å². The van der Waals surface area contributed by atoms with E-state index in [4.69, 9.17) is 9.26 Å². The lowest BCUT2D eigenvalue weighted by molar-refractivity contribution is 0.290. The van der Waals surface area contributed by atoms with Gasteiger partial charge in [0.25, 0.3) is 5.89 Å². The summed E-state index contributed by atoms with van der Waals surface area (Å²) in [7, 11) is 0. The lowest BCUT2D eigenvalue weighted by Crippen LogP contribution is -2.10. The van der Waals surface area contributed by atoms with Crippen LogP contribution in [0.3, 0.4) is 0 Å². The van der Waals surface area contributed by atoms with Crippen molar-refractivity contribution in [2.45, 2.75) is 32.9 Å². The van der Waals surface area contributed by atoms with Gasteiger partial charge >= 0.3 is 0 Å². The van der Waals surface area contributed by atoms with Gasteiger partial charge in [0.2, 0.25) is 0 Å². The van der Waals surface area contributed by atoms with E-state index in [2.05, 4.69) is 25.3 Å². The minimum atomic E-state index is -0.363. The quantitative estimate of drug-likeness (QED) is 0.379. The van der Waals surface area contributed by atoms with Crippen LogP contribution in [0.4, 0.5) is 4.39 Å². The molecule has 9 nitrogen and oxygen atoms in total. The second-order valence-electron chi connectivity index (χ2n) is 8.31. The molecule has 1 aliphatic rings. The molecule has 0 unspecified atom stereocenters. The molecule has 170 valence electrons. The Bertz CT molecular complexity index is 1490. The first-order chi connectivity index (χ1) is 16.6. The van der Waals surface area contributed by atoms with Gasteiger partial charge in [0, 0.05) is 11.5 Å². The van der Waals surface area contributed by atoms with Crippen LogP contribution in [0.15, 0.2) is 59.4 Å². The van der Waals surface area contributed by atoms with E-state index in [9.17, 15) is 4.39 Å². The third-order valence-corrected chi connectivity index (χ3v) is 5.73. The van der Waals surface area contributed by atoms with E-state index >= 15 is 0 Å². The number of aromatic nitrogens is 7. The molecule has 0 saturated heterocycles. The average molecular weight is 457 g/mol. The fraction of sp³-hybridized carbons (Fsp3) is 0.208. The molecule has 0 amide bonds. The van der Waals surface area contributed by atoms with Crippen LogP contribution in [0.5, 0.6) is 5.75 Å². The first-order valence-electron chi connectivity index (χ1n) is 10.9. The summed E-state index contributed by atoms with van der Waals surface area (Å²) in [4.78, 5) is 9.10. The van der Waals surface area contributed by atoms with Crippen molar-refractivity contribution in [1.82, 2.24) is 34.5 Å². The Labute approximate surface area is 193 Å². The van der Waals surface area contributed by atoms with E-state index in [1.165, 1.54) is 12.1 Å². The molecule has 0 aliphatic carbocycles. The van der Waals surface area contributed by atoms with Gasteiger partial charge in [0.15, 0.2) is 23.2 Å². The molecule has 0 atom stereocenters. The molecule has 0 bridgehead atoms. The molecule has 10 heteroatoms. The molecule has 2 aromatic carbocycles. The molecule has 0 spiro atoms. The van der Waals surface area contributed by atoms with Crippen molar-refractivity contribution in [3.8, 4) is 34.4 Å². The van der Waals surface area contributed by atoms with Crippen molar-refractivity contribution in [3.05, 3.63) is 78.0 Å². The summed E-state index contributed by atoms with van der Waals surface area (Å²) in [5, 5.41) is 12.8. The van der Waals surface area contributed by atoms with Gasteiger partial charge in [0.1, 0.15) is 24.5 Å². The number of para-hydroxylation sites is 1. The molecule has 6 rings (SSSR count). The minimum absolute atomic E-state index is 0.119. The van der Waals surface area contributed by atoms with Crippen molar-refractivity contribution in [2.24, 2.45) is 0 Å². The molecule has 1 aliphatic heterocycles. The standard InChI is InChI=1S/C24H20FN7O2/c1-14(2)22-27-24(34-30-22)21-19-11-31-20(12-33-16-6-4-3-5-7-16)28-29-23(31)17-10-15(25)8-9-18(17)32(19)13-26-21/h3-10,13-14H,11-12H2,1-2H3. The fourth-order valence-corrected chi connectivity index (χ4v) is 4.00. The van der Waals surface area contributed by atoms with Crippen LogP contribution in [0.25, 0.3) is 28.7 Å². The van der Waals surface area contributed by atoms with Gasteiger partial charge in [-0.3, -0.25) is 4.57 Å². The highest BCUT2D eigenvalue weighted by molar-refractivity contribution is 5.71. The maximum atomic E-state index is 14.3. The van der Waals surface area contributed by atoms with Gasteiger partial charge < -0.3 is 13.8 Å². The number of hydrogen-bond acceptors (Lipinski definition) is 7. The molecule has 0 N–H and O–H groups in total. The van der Waals surface area contributed by atoms with Crippen LogP contribution in [0.1, 0.15) is 37.1 Å². The second-order valence-corrected chi connectivity index (χ2v) is 8.31. The predicted molar refractivity (Wildman–Crippen MR) is 120 cm³/mol. The highest BCUT2D eigenvalue weighted by atomic mass is 19.1. The highest BCUT2D eigenvalue weighted by Gasteiger charge is 2.28. The Hall–Kier alpha value is -4.34. The summed E-state index contributed by atoms with van der Waals surface area (Å²) >= 11 is 0. The monoisotopic (exact) mass is 457 g/mol. The van der Waals surface area contributed by atoms with Crippen molar-refractivity contribution in [2.75, 3.05) is 0 Å². The summed E-state index contributed by atoms with van der Waals surface area (Å²) in [6.07, 6.45) is 1.68. The predicted octanol–water partition coefficient (Wildman–Crippen LogP) is 4.38. The molecule has 0 radical (unpaired) electrons. The van der Waals surface area contributed by atoms with Gasteiger partial charge in [-0.05, 0) is 30.3 Å². The number of nitrogens with zero attached hydrogens (tertiary/aromatic N) is 7. The molecule has 4 heterocycles. The van der Waals surface area contributed by atoms with Crippen molar-refractivity contribution in [3.63, 3.8) is 0 Å². The summed E-state index contributed by atoms with van der Waals surface area (Å²) in [5.41, 5.74) is 2.70. The highest BCUT2D eigenvalue weighted by Crippen LogP contribution is 2.35. The van der Waals surface area contributed by atoms with Crippen LogP contribution >= 0.6 is 0 Å². The maximum Gasteiger partial charge on any atom is 0.278 e. The summed E-state index contributed by atoms with van der Waals surface area (Å²) < 4.78 is 29.5. The number of hydrogen-bond donors (Lipinski definition) is 0. The van der Waals surface area contributed by atoms with Crippen LogP contribution in [-0.2, 0) is 13.2 Å². The van der Waals surface area contributed by atoms with Crippen LogP contribution < -0.4 is 4.74 Å². The third-order valence-electron chi connectivity index (χ3n) is 5.73. The number of fused-ring (bicyclic) bond motifs is 5. The molecule has 34 heavy (non-hydrogen) atoms. The van der Waals surface area contributed by atoms with E-state index in [1.807, 2.05) is 53.3 Å².